The highest BCUT2D eigenvalue weighted by Crippen LogP contribution is 2.43. The number of benzene rings is 3. The first kappa shape index (κ1) is 22.9. The summed E-state index contributed by atoms with van der Waals surface area (Å²) in [4.78, 5) is 12.6. The first-order valence-corrected chi connectivity index (χ1v) is 10.8. The molecule has 0 aliphatic carbocycles. The zero-order valence-electron chi connectivity index (χ0n) is 18.7. The van der Waals surface area contributed by atoms with Crippen LogP contribution in [-0.2, 0) is 11.2 Å². The molecule has 3 aromatic carbocycles. The van der Waals surface area contributed by atoms with Crippen LogP contribution in [0.2, 0.25) is 0 Å². The van der Waals surface area contributed by atoms with Crippen molar-refractivity contribution in [2.75, 3.05) is 0 Å². The molecule has 0 saturated carbocycles. The number of allylic oxidation sites excluding steroid dienone is 1. The number of esters is 1. The Morgan fingerprint density at radius 2 is 1.88 bits per heavy atom. The molecule has 2 unspecified atom stereocenters. The number of rotatable bonds is 6. The monoisotopic (exact) mass is 458 g/mol. The van der Waals surface area contributed by atoms with Gasteiger partial charge in [-0.05, 0) is 54.8 Å². The minimum absolute atomic E-state index is 0.0834. The largest absolute Gasteiger partial charge is 0.479 e. The van der Waals surface area contributed by atoms with E-state index in [9.17, 15) is 14.4 Å². The second-order valence-electron chi connectivity index (χ2n) is 7.86. The van der Waals surface area contributed by atoms with Crippen LogP contribution in [0.3, 0.4) is 0 Å². The summed E-state index contributed by atoms with van der Waals surface area (Å²) in [6.45, 7) is 3.66. The van der Waals surface area contributed by atoms with Gasteiger partial charge < -0.3 is 19.9 Å². The molecule has 0 radical (unpaired) electrons. The summed E-state index contributed by atoms with van der Waals surface area (Å²) in [5, 5.41) is 9.63. The molecule has 0 spiro atoms. The Balaban J connectivity index is 1.55. The van der Waals surface area contributed by atoms with Crippen molar-refractivity contribution in [1.82, 2.24) is 0 Å². The van der Waals surface area contributed by atoms with Crippen molar-refractivity contribution in [2.24, 2.45) is 5.73 Å². The van der Waals surface area contributed by atoms with E-state index in [0.717, 1.165) is 6.42 Å². The van der Waals surface area contributed by atoms with E-state index in [0.29, 0.717) is 22.6 Å². The van der Waals surface area contributed by atoms with Crippen LogP contribution in [-0.4, -0.2) is 12.1 Å². The van der Waals surface area contributed by atoms with E-state index in [1.165, 1.54) is 23.8 Å². The average Bonchev–Trinajstić information content (AvgIpc) is 2.83. The second-order valence-corrected chi connectivity index (χ2v) is 7.86. The number of fused-ring (bicyclic) bond motifs is 1. The highest BCUT2D eigenvalue weighted by atomic mass is 19.1. The minimum atomic E-state index is -0.848. The molecule has 0 saturated heterocycles. The van der Waals surface area contributed by atoms with Crippen LogP contribution in [0.15, 0.2) is 78.2 Å². The predicted molar refractivity (Wildman–Crippen MR) is 124 cm³/mol. The van der Waals surface area contributed by atoms with E-state index < -0.39 is 23.8 Å². The highest BCUT2D eigenvalue weighted by molar-refractivity contribution is 5.77. The molecule has 1 heterocycles. The lowest BCUT2D eigenvalue weighted by Crippen LogP contribution is -2.28. The van der Waals surface area contributed by atoms with E-state index in [-0.39, 0.29) is 17.2 Å². The summed E-state index contributed by atoms with van der Waals surface area (Å²) in [6.07, 6.45) is 0.0631. The van der Waals surface area contributed by atoms with Gasteiger partial charge in [0, 0.05) is 11.6 Å². The molecule has 4 rings (SSSR count). The zero-order valence-corrected chi connectivity index (χ0v) is 18.7. The van der Waals surface area contributed by atoms with Crippen LogP contribution in [0, 0.1) is 17.1 Å². The van der Waals surface area contributed by atoms with Gasteiger partial charge in [0.15, 0.2) is 6.10 Å². The predicted octanol–water partition coefficient (Wildman–Crippen LogP) is 4.98. The van der Waals surface area contributed by atoms with Gasteiger partial charge in [0.2, 0.25) is 5.88 Å². The number of nitrogens with zero attached hydrogens (tertiary/aromatic N) is 1. The maximum Gasteiger partial charge on any atom is 0.352 e. The Morgan fingerprint density at radius 1 is 1.15 bits per heavy atom. The van der Waals surface area contributed by atoms with Crippen LogP contribution in [0.4, 0.5) is 4.39 Å². The van der Waals surface area contributed by atoms with Gasteiger partial charge in [-0.3, -0.25) is 0 Å². The Kier molecular flexibility index (Phi) is 6.51. The van der Waals surface area contributed by atoms with Gasteiger partial charge in [-0.15, -0.1) is 0 Å². The molecule has 172 valence electrons. The van der Waals surface area contributed by atoms with Gasteiger partial charge in [0.1, 0.15) is 34.7 Å². The molecule has 3 aromatic rings. The molecule has 1 aliphatic rings. The van der Waals surface area contributed by atoms with Gasteiger partial charge >= 0.3 is 5.97 Å². The molecule has 6 nitrogen and oxygen atoms in total. The summed E-state index contributed by atoms with van der Waals surface area (Å²) >= 11 is 0. The summed E-state index contributed by atoms with van der Waals surface area (Å²) in [7, 11) is 0. The first-order valence-electron chi connectivity index (χ1n) is 10.8. The zero-order chi connectivity index (χ0) is 24.2. The van der Waals surface area contributed by atoms with Crippen molar-refractivity contribution in [3.8, 4) is 23.3 Å². The summed E-state index contributed by atoms with van der Waals surface area (Å²) in [5.74, 6) is -0.590. The third kappa shape index (κ3) is 4.71. The lowest BCUT2D eigenvalue weighted by molar-refractivity contribution is -0.141. The maximum absolute atomic E-state index is 13.9. The van der Waals surface area contributed by atoms with Crippen molar-refractivity contribution in [3.05, 3.63) is 101 Å². The Morgan fingerprint density at radius 3 is 2.56 bits per heavy atom. The second kappa shape index (κ2) is 9.67. The third-order valence-corrected chi connectivity index (χ3v) is 5.57. The van der Waals surface area contributed by atoms with E-state index in [2.05, 4.69) is 13.0 Å². The normalized spacial score (nSPS) is 15.5. The smallest absolute Gasteiger partial charge is 0.352 e. The minimum Gasteiger partial charge on any atom is -0.479 e. The van der Waals surface area contributed by atoms with Crippen molar-refractivity contribution >= 4 is 5.97 Å². The topological polar surface area (TPSA) is 94.6 Å². The summed E-state index contributed by atoms with van der Waals surface area (Å²) in [6, 6.07) is 20.3. The van der Waals surface area contributed by atoms with Crippen LogP contribution >= 0.6 is 0 Å². The van der Waals surface area contributed by atoms with Crippen LogP contribution in [0.25, 0.3) is 0 Å². The fourth-order valence-electron chi connectivity index (χ4n) is 3.78. The SMILES string of the molecule is CCc1ccc(OC(C)C(=O)Oc2ccc3c(c2)OC(N)=C(C#N)C3c2cccc(F)c2)cc1. The number of nitriles is 1. The molecule has 0 amide bonds. The Labute approximate surface area is 197 Å². The molecule has 2 N–H and O–H groups in total. The summed E-state index contributed by atoms with van der Waals surface area (Å²) < 4.78 is 30.7. The fourth-order valence-corrected chi connectivity index (χ4v) is 3.78. The van der Waals surface area contributed by atoms with Gasteiger partial charge in [-0.1, -0.05) is 37.3 Å². The van der Waals surface area contributed by atoms with E-state index in [1.54, 1.807) is 31.2 Å². The number of ether oxygens (including phenoxy) is 3. The molecule has 0 aromatic heterocycles. The standard InChI is InChI=1S/C27H23FN2O4/c1-3-17-7-9-20(10-8-17)32-16(2)27(31)33-21-11-12-22-24(14-21)34-26(30)23(15-29)25(22)18-5-4-6-19(28)13-18/h4-14,16,25H,3,30H2,1-2H3. The lowest BCUT2D eigenvalue weighted by atomic mass is 9.83. The van der Waals surface area contributed by atoms with Crippen molar-refractivity contribution in [3.63, 3.8) is 0 Å². The van der Waals surface area contributed by atoms with Crippen LogP contribution in [0.5, 0.6) is 17.2 Å². The molecule has 34 heavy (non-hydrogen) atoms. The van der Waals surface area contributed by atoms with E-state index in [1.807, 2.05) is 24.3 Å². The van der Waals surface area contributed by atoms with Gasteiger partial charge in [0.05, 0.1) is 5.92 Å². The first-order chi connectivity index (χ1) is 16.4. The number of halogens is 1. The third-order valence-electron chi connectivity index (χ3n) is 5.57. The van der Waals surface area contributed by atoms with E-state index >= 15 is 0 Å². The highest BCUT2D eigenvalue weighted by Gasteiger charge is 2.31. The Bertz CT molecular complexity index is 1290. The summed E-state index contributed by atoms with van der Waals surface area (Å²) in [5.41, 5.74) is 8.50. The van der Waals surface area contributed by atoms with Crippen LogP contribution < -0.4 is 19.9 Å². The Hall–Kier alpha value is -4.31. The quantitative estimate of drug-likeness (QED) is 0.414. The average molecular weight is 458 g/mol. The van der Waals surface area contributed by atoms with Crippen molar-refractivity contribution < 1.29 is 23.4 Å². The number of hydrogen-bond donors (Lipinski definition) is 1. The van der Waals surface area contributed by atoms with Crippen LogP contribution in [0.1, 0.15) is 36.5 Å². The van der Waals surface area contributed by atoms with Gasteiger partial charge in [-0.2, -0.15) is 5.26 Å². The lowest BCUT2D eigenvalue weighted by Gasteiger charge is -2.26. The molecule has 2 atom stereocenters. The van der Waals surface area contributed by atoms with Gasteiger partial charge in [0.25, 0.3) is 0 Å². The van der Waals surface area contributed by atoms with Crippen molar-refractivity contribution in [1.29, 1.82) is 5.26 Å². The fraction of sp³-hybridized carbons (Fsp3) is 0.185. The number of aryl methyl sites for hydroxylation is 1. The van der Waals surface area contributed by atoms with Gasteiger partial charge in [-0.25, -0.2) is 9.18 Å². The molecule has 1 aliphatic heterocycles. The molecule has 7 heteroatoms. The maximum atomic E-state index is 13.9. The number of carbonyl (C=O) groups excluding carboxylic acids is 1. The van der Waals surface area contributed by atoms with Crippen molar-refractivity contribution in [2.45, 2.75) is 32.3 Å². The van der Waals surface area contributed by atoms with E-state index in [4.69, 9.17) is 19.9 Å². The number of carbonyl (C=O) groups is 1. The molecule has 0 bridgehead atoms. The number of hydrogen-bond acceptors (Lipinski definition) is 6. The molecule has 0 fully saturated rings. The number of nitrogens with two attached hydrogens (primary N) is 1. The molecular formula is C27H23FN2O4. The molecular weight excluding hydrogens is 435 g/mol.